The van der Waals surface area contributed by atoms with E-state index in [1.165, 1.54) is 35.4 Å². The number of hydrogen-bond acceptors (Lipinski definition) is 3. The van der Waals surface area contributed by atoms with Gasteiger partial charge in [0.25, 0.3) is 0 Å². The van der Waals surface area contributed by atoms with Crippen molar-refractivity contribution in [2.75, 3.05) is 25.9 Å². The molecule has 1 aromatic carbocycles. The van der Waals surface area contributed by atoms with Crippen LogP contribution in [0.5, 0.6) is 0 Å². The first-order chi connectivity index (χ1) is 12.4. The van der Waals surface area contributed by atoms with E-state index in [9.17, 15) is 13.2 Å². The van der Waals surface area contributed by atoms with E-state index in [1.54, 1.807) is 0 Å². The average molecular weight is 379 g/mol. The van der Waals surface area contributed by atoms with Crippen LogP contribution in [0.4, 0.5) is 0 Å². The molecule has 3 rings (SSSR count). The van der Waals surface area contributed by atoms with Crippen LogP contribution in [0.2, 0.25) is 0 Å². The molecule has 1 N–H and O–H groups in total. The second-order valence-electron chi connectivity index (χ2n) is 7.88. The smallest absolute Gasteiger partial charge is 0.224 e. The highest BCUT2D eigenvalue weighted by Gasteiger charge is 2.36. The Morgan fingerprint density at radius 1 is 1.15 bits per heavy atom. The number of piperidine rings is 1. The molecule has 1 atom stereocenters. The van der Waals surface area contributed by atoms with Crippen LogP contribution < -0.4 is 5.32 Å². The molecule has 144 valence electrons. The quantitative estimate of drug-likeness (QED) is 0.857. The summed E-state index contributed by atoms with van der Waals surface area (Å²) in [6.45, 7) is 1.48. The molecule has 1 saturated heterocycles. The summed E-state index contributed by atoms with van der Waals surface area (Å²) in [6.07, 6.45) is 8.56. The maximum atomic E-state index is 12.8. The van der Waals surface area contributed by atoms with E-state index >= 15 is 0 Å². The van der Waals surface area contributed by atoms with Crippen molar-refractivity contribution >= 4 is 15.9 Å². The van der Waals surface area contributed by atoms with Gasteiger partial charge in [-0.1, -0.05) is 49.6 Å². The largest absolute Gasteiger partial charge is 0.355 e. The van der Waals surface area contributed by atoms with Gasteiger partial charge >= 0.3 is 0 Å². The van der Waals surface area contributed by atoms with Gasteiger partial charge in [-0.3, -0.25) is 4.79 Å². The van der Waals surface area contributed by atoms with Gasteiger partial charge in [-0.15, -0.1) is 0 Å². The number of nitrogens with one attached hydrogen (secondary N) is 1. The number of benzene rings is 1. The molecule has 6 heteroatoms. The van der Waals surface area contributed by atoms with Crippen molar-refractivity contribution in [1.82, 2.24) is 9.62 Å². The van der Waals surface area contributed by atoms with Gasteiger partial charge in [0.15, 0.2) is 0 Å². The molecule has 1 aromatic rings. The standard InChI is InChI=1S/C20H30N2O3S/c1-26(24,25)22-14-8-9-17(15-22)19(23)21-16-20(12-6-3-7-13-20)18-10-4-2-5-11-18/h2,4-5,10-11,17H,3,6-9,12-16H2,1H3,(H,21,23)/t17-/m1/s1. The van der Waals surface area contributed by atoms with Crippen LogP contribution in [0.15, 0.2) is 30.3 Å². The Balaban J connectivity index is 1.66. The topological polar surface area (TPSA) is 66.5 Å². The SMILES string of the molecule is CS(=O)(=O)N1CCC[C@@H](C(=O)NCC2(c3ccccc3)CCCCC2)C1. The summed E-state index contributed by atoms with van der Waals surface area (Å²) in [6, 6.07) is 10.5. The second kappa shape index (κ2) is 8.09. The van der Waals surface area contributed by atoms with Crippen molar-refractivity contribution in [2.24, 2.45) is 5.92 Å². The van der Waals surface area contributed by atoms with Crippen LogP contribution >= 0.6 is 0 Å². The molecule has 1 aliphatic carbocycles. The van der Waals surface area contributed by atoms with Gasteiger partial charge in [0.05, 0.1) is 12.2 Å². The van der Waals surface area contributed by atoms with E-state index in [0.717, 1.165) is 25.7 Å². The molecule has 1 heterocycles. The lowest BCUT2D eigenvalue weighted by atomic mass is 9.69. The van der Waals surface area contributed by atoms with Crippen molar-refractivity contribution in [3.63, 3.8) is 0 Å². The molecule has 26 heavy (non-hydrogen) atoms. The number of amides is 1. The summed E-state index contributed by atoms with van der Waals surface area (Å²) in [5, 5.41) is 3.17. The summed E-state index contributed by atoms with van der Waals surface area (Å²) < 4.78 is 25.0. The third-order valence-corrected chi connectivity index (χ3v) is 7.29. The Morgan fingerprint density at radius 2 is 1.85 bits per heavy atom. The lowest BCUT2D eigenvalue weighted by Crippen LogP contribution is -2.48. The molecular weight excluding hydrogens is 348 g/mol. The van der Waals surface area contributed by atoms with Gasteiger partial charge in [0.1, 0.15) is 0 Å². The molecule has 2 fully saturated rings. The molecule has 5 nitrogen and oxygen atoms in total. The van der Waals surface area contributed by atoms with Crippen LogP contribution in [-0.2, 0) is 20.2 Å². The number of carbonyl (C=O) groups excluding carboxylic acids is 1. The minimum atomic E-state index is -3.23. The van der Waals surface area contributed by atoms with Crippen LogP contribution in [0.3, 0.4) is 0 Å². The predicted octanol–water partition coefficient (Wildman–Crippen LogP) is 2.68. The van der Waals surface area contributed by atoms with Crippen molar-refractivity contribution < 1.29 is 13.2 Å². The molecule has 0 radical (unpaired) electrons. The predicted molar refractivity (Wildman–Crippen MR) is 103 cm³/mol. The Labute approximate surface area is 157 Å². The third kappa shape index (κ3) is 4.46. The highest BCUT2D eigenvalue weighted by atomic mass is 32.2. The van der Waals surface area contributed by atoms with Crippen molar-refractivity contribution in [2.45, 2.75) is 50.4 Å². The van der Waals surface area contributed by atoms with Gasteiger partial charge in [0.2, 0.25) is 15.9 Å². The van der Waals surface area contributed by atoms with Crippen LogP contribution in [0.1, 0.15) is 50.5 Å². The number of nitrogens with zero attached hydrogens (tertiary/aromatic N) is 1. The van der Waals surface area contributed by atoms with Gasteiger partial charge in [-0.2, -0.15) is 0 Å². The maximum absolute atomic E-state index is 12.8. The first-order valence-electron chi connectivity index (χ1n) is 9.69. The van der Waals surface area contributed by atoms with Crippen LogP contribution in [0, 0.1) is 5.92 Å². The monoisotopic (exact) mass is 378 g/mol. The van der Waals surface area contributed by atoms with Crippen molar-refractivity contribution in [3.8, 4) is 0 Å². The van der Waals surface area contributed by atoms with Gasteiger partial charge < -0.3 is 5.32 Å². The molecule has 0 spiro atoms. The highest BCUT2D eigenvalue weighted by molar-refractivity contribution is 7.88. The van der Waals surface area contributed by atoms with Gasteiger partial charge in [0, 0.05) is 25.0 Å². The molecule has 1 aliphatic heterocycles. The van der Waals surface area contributed by atoms with E-state index in [0.29, 0.717) is 19.6 Å². The number of carbonyl (C=O) groups is 1. The highest BCUT2D eigenvalue weighted by Crippen LogP contribution is 2.39. The molecule has 0 aromatic heterocycles. The van der Waals surface area contributed by atoms with E-state index in [-0.39, 0.29) is 17.2 Å². The van der Waals surface area contributed by atoms with E-state index in [2.05, 4.69) is 29.6 Å². The zero-order valence-electron chi connectivity index (χ0n) is 15.6. The van der Waals surface area contributed by atoms with E-state index in [1.807, 2.05) is 6.07 Å². The Morgan fingerprint density at radius 3 is 2.50 bits per heavy atom. The molecule has 1 saturated carbocycles. The Kier molecular flexibility index (Phi) is 6.03. The third-order valence-electron chi connectivity index (χ3n) is 6.02. The van der Waals surface area contributed by atoms with E-state index in [4.69, 9.17) is 0 Å². The molecule has 2 aliphatic rings. The first-order valence-corrected chi connectivity index (χ1v) is 11.5. The number of rotatable bonds is 5. The van der Waals surface area contributed by atoms with Gasteiger partial charge in [-0.05, 0) is 31.2 Å². The summed E-state index contributed by atoms with van der Waals surface area (Å²) in [7, 11) is -3.23. The van der Waals surface area contributed by atoms with Crippen LogP contribution in [0.25, 0.3) is 0 Å². The zero-order valence-corrected chi connectivity index (χ0v) is 16.4. The number of sulfonamides is 1. The fourth-order valence-corrected chi connectivity index (χ4v) is 5.36. The normalized spacial score (nSPS) is 24.1. The first kappa shape index (κ1) is 19.4. The summed E-state index contributed by atoms with van der Waals surface area (Å²) in [4.78, 5) is 12.8. The zero-order chi connectivity index (χ0) is 18.6. The summed E-state index contributed by atoms with van der Waals surface area (Å²) in [5.74, 6) is -0.242. The summed E-state index contributed by atoms with van der Waals surface area (Å²) >= 11 is 0. The minimum Gasteiger partial charge on any atom is -0.355 e. The second-order valence-corrected chi connectivity index (χ2v) is 9.87. The van der Waals surface area contributed by atoms with Crippen molar-refractivity contribution in [3.05, 3.63) is 35.9 Å². The maximum Gasteiger partial charge on any atom is 0.224 e. The van der Waals surface area contributed by atoms with Crippen LogP contribution in [-0.4, -0.2) is 44.5 Å². The summed E-state index contributed by atoms with van der Waals surface area (Å²) in [5.41, 5.74) is 1.32. The molecule has 0 unspecified atom stereocenters. The number of hydrogen-bond donors (Lipinski definition) is 1. The average Bonchev–Trinajstić information content (AvgIpc) is 2.67. The fourth-order valence-electron chi connectivity index (χ4n) is 4.45. The van der Waals surface area contributed by atoms with Crippen molar-refractivity contribution in [1.29, 1.82) is 0 Å². The van der Waals surface area contributed by atoms with E-state index < -0.39 is 10.0 Å². The Hall–Kier alpha value is -1.40. The fraction of sp³-hybridized carbons (Fsp3) is 0.650. The van der Waals surface area contributed by atoms with Gasteiger partial charge in [-0.25, -0.2) is 12.7 Å². The molecular formula is C20H30N2O3S. The Bertz CT molecular complexity index is 712. The molecule has 0 bridgehead atoms. The lowest BCUT2D eigenvalue weighted by molar-refractivity contribution is -0.126. The lowest BCUT2D eigenvalue weighted by Gasteiger charge is -2.39. The minimum absolute atomic E-state index is 0.000713. The molecule has 1 amide bonds.